The normalized spacial score (nSPS) is 9.95. The number of H-pyrrole nitrogens is 1. The van der Waals surface area contributed by atoms with E-state index in [1.54, 1.807) is 24.3 Å². The zero-order valence-electron chi connectivity index (χ0n) is 9.75. The number of nitrogens with one attached hydrogen (secondary N) is 3. The average Bonchev–Trinajstić information content (AvgIpc) is 2.87. The molecule has 0 atom stereocenters. The Morgan fingerprint density at radius 1 is 1.37 bits per heavy atom. The molecule has 0 saturated carbocycles. The Bertz CT molecular complexity index is 584. The summed E-state index contributed by atoms with van der Waals surface area (Å²) in [6, 6.07) is 8.68. The molecule has 0 saturated heterocycles. The summed E-state index contributed by atoms with van der Waals surface area (Å²) in [6.07, 6.45) is 0. The van der Waals surface area contributed by atoms with Gasteiger partial charge in [-0.1, -0.05) is 18.2 Å². The van der Waals surface area contributed by atoms with Crippen LogP contribution in [0.5, 0.6) is 0 Å². The number of carbonyl (C=O) groups excluding carboxylic acids is 1. The van der Waals surface area contributed by atoms with E-state index < -0.39 is 0 Å². The van der Waals surface area contributed by atoms with E-state index in [4.69, 9.17) is 17.3 Å². The lowest BCUT2D eigenvalue weighted by molar-refractivity contribution is 0.0977. The van der Waals surface area contributed by atoms with Gasteiger partial charge in [0, 0.05) is 5.56 Å². The topological polar surface area (TPSA) is 103 Å². The first-order valence-electron chi connectivity index (χ1n) is 5.38. The van der Waals surface area contributed by atoms with Gasteiger partial charge in [-0.05, 0) is 24.4 Å². The summed E-state index contributed by atoms with van der Waals surface area (Å²) in [5.74, 6) is 0.165. The Hall–Kier alpha value is -2.32. The first-order chi connectivity index (χ1) is 9.19. The Morgan fingerprint density at radius 2 is 2.11 bits per heavy atom. The number of thiocarbonyl (C=S) groups is 1. The molecular formula is C11H11N5O2S. The number of hydrogen-bond acceptors (Lipinski definition) is 5. The minimum atomic E-state index is -0.323. The van der Waals surface area contributed by atoms with Gasteiger partial charge >= 0.3 is 0 Å². The van der Waals surface area contributed by atoms with Crippen molar-refractivity contribution in [3.8, 4) is 0 Å². The van der Waals surface area contributed by atoms with Crippen molar-refractivity contribution in [2.75, 3.05) is 5.32 Å². The maximum Gasteiger partial charge on any atom is 0.257 e. The van der Waals surface area contributed by atoms with Gasteiger partial charge in [0.1, 0.15) is 6.61 Å². The van der Waals surface area contributed by atoms with Gasteiger partial charge < -0.3 is 5.11 Å². The van der Waals surface area contributed by atoms with E-state index in [0.29, 0.717) is 11.4 Å². The van der Waals surface area contributed by atoms with Crippen LogP contribution in [-0.4, -0.2) is 31.3 Å². The van der Waals surface area contributed by atoms with Gasteiger partial charge in [-0.2, -0.15) is 4.98 Å². The van der Waals surface area contributed by atoms with Crippen LogP contribution >= 0.6 is 12.2 Å². The smallest absolute Gasteiger partial charge is 0.257 e. The van der Waals surface area contributed by atoms with Crippen molar-refractivity contribution in [2.45, 2.75) is 6.61 Å². The van der Waals surface area contributed by atoms with Gasteiger partial charge in [0.05, 0.1) is 0 Å². The SMILES string of the molecule is O=C(NC(=S)Nc1n[nH]c(CO)n1)c1ccccc1. The Balaban J connectivity index is 1.93. The fourth-order valence-corrected chi connectivity index (χ4v) is 1.50. The fourth-order valence-electron chi connectivity index (χ4n) is 1.32. The van der Waals surface area contributed by atoms with Gasteiger partial charge in [0.2, 0.25) is 5.95 Å². The lowest BCUT2D eigenvalue weighted by atomic mass is 10.2. The van der Waals surface area contributed by atoms with E-state index in [1.807, 2.05) is 6.07 Å². The molecule has 1 amide bonds. The quantitative estimate of drug-likeness (QED) is 0.606. The number of rotatable bonds is 3. The summed E-state index contributed by atoms with van der Waals surface area (Å²) in [5, 5.41) is 20.3. The standard InChI is InChI=1S/C11H11N5O2S/c17-6-8-12-10(16-15-8)14-11(19)13-9(18)7-4-2-1-3-5-7/h1-5,17H,6H2,(H3,12,13,14,15,16,18,19). The molecule has 0 fully saturated rings. The number of aliphatic hydroxyl groups excluding tert-OH is 1. The highest BCUT2D eigenvalue weighted by Gasteiger charge is 2.09. The molecule has 0 aliphatic heterocycles. The minimum absolute atomic E-state index is 0.0809. The first kappa shape index (κ1) is 13.1. The number of anilines is 1. The number of carbonyl (C=O) groups is 1. The van der Waals surface area contributed by atoms with Crippen LogP contribution in [0.1, 0.15) is 16.2 Å². The lowest BCUT2D eigenvalue weighted by Gasteiger charge is -2.06. The molecule has 2 aromatic rings. The molecule has 0 spiro atoms. The van der Waals surface area contributed by atoms with Gasteiger partial charge in [-0.3, -0.25) is 20.5 Å². The summed E-state index contributed by atoms with van der Waals surface area (Å²) >= 11 is 4.96. The second-order valence-corrected chi connectivity index (χ2v) is 3.95. The lowest BCUT2D eigenvalue weighted by Crippen LogP contribution is -2.34. The molecule has 0 aliphatic rings. The molecule has 0 aliphatic carbocycles. The van der Waals surface area contributed by atoms with Crippen molar-refractivity contribution in [3.63, 3.8) is 0 Å². The molecule has 0 bridgehead atoms. The fraction of sp³-hybridized carbons (Fsp3) is 0.0909. The predicted octanol–water partition coefficient (Wildman–Crippen LogP) is 0.424. The monoisotopic (exact) mass is 277 g/mol. The number of hydrogen-bond donors (Lipinski definition) is 4. The third-order valence-corrected chi connectivity index (χ3v) is 2.37. The molecule has 1 heterocycles. The van der Waals surface area contributed by atoms with Gasteiger partial charge in [-0.15, -0.1) is 5.10 Å². The molecule has 7 nitrogen and oxygen atoms in total. The third-order valence-electron chi connectivity index (χ3n) is 2.17. The van der Waals surface area contributed by atoms with Crippen LogP contribution in [0.15, 0.2) is 30.3 Å². The molecule has 98 valence electrons. The Labute approximate surface area is 114 Å². The number of aliphatic hydroxyl groups is 1. The highest BCUT2D eigenvalue weighted by Crippen LogP contribution is 2.00. The molecular weight excluding hydrogens is 266 g/mol. The number of amides is 1. The Morgan fingerprint density at radius 3 is 2.74 bits per heavy atom. The second kappa shape index (κ2) is 6.03. The van der Waals surface area contributed by atoms with E-state index in [9.17, 15) is 4.79 Å². The van der Waals surface area contributed by atoms with E-state index in [-0.39, 0.29) is 23.6 Å². The number of aromatic nitrogens is 3. The van der Waals surface area contributed by atoms with E-state index >= 15 is 0 Å². The third kappa shape index (κ3) is 3.57. The van der Waals surface area contributed by atoms with Crippen molar-refractivity contribution in [1.82, 2.24) is 20.5 Å². The highest BCUT2D eigenvalue weighted by molar-refractivity contribution is 7.80. The van der Waals surface area contributed by atoms with Gasteiger partial charge in [-0.25, -0.2) is 0 Å². The first-order valence-corrected chi connectivity index (χ1v) is 5.79. The zero-order chi connectivity index (χ0) is 13.7. The van der Waals surface area contributed by atoms with Crippen molar-refractivity contribution in [3.05, 3.63) is 41.7 Å². The van der Waals surface area contributed by atoms with Gasteiger partial charge in [0.25, 0.3) is 5.91 Å². The van der Waals surface area contributed by atoms with Crippen LogP contribution in [0.2, 0.25) is 0 Å². The number of nitrogens with zero attached hydrogens (tertiary/aromatic N) is 2. The zero-order valence-corrected chi connectivity index (χ0v) is 10.6. The van der Waals surface area contributed by atoms with Crippen LogP contribution in [0, 0.1) is 0 Å². The second-order valence-electron chi connectivity index (χ2n) is 3.54. The van der Waals surface area contributed by atoms with Crippen LogP contribution in [0.3, 0.4) is 0 Å². The summed E-state index contributed by atoms with van der Waals surface area (Å²) in [5.41, 5.74) is 0.498. The summed E-state index contributed by atoms with van der Waals surface area (Å²) < 4.78 is 0. The van der Waals surface area contributed by atoms with Crippen molar-refractivity contribution < 1.29 is 9.90 Å². The molecule has 0 unspecified atom stereocenters. The highest BCUT2D eigenvalue weighted by atomic mass is 32.1. The molecule has 4 N–H and O–H groups in total. The largest absolute Gasteiger partial charge is 0.388 e. The summed E-state index contributed by atoms with van der Waals surface area (Å²) in [6.45, 7) is -0.252. The van der Waals surface area contributed by atoms with Crippen molar-refractivity contribution >= 4 is 29.2 Å². The minimum Gasteiger partial charge on any atom is -0.388 e. The average molecular weight is 277 g/mol. The molecule has 1 aromatic heterocycles. The molecule has 8 heteroatoms. The van der Waals surface area contributed by atoms with Crippen LogP contribution in [0.4, 0.5) is 5.95 Å². The van der Waals surface area contributed by atoms with E-state index in [0.717, 1.165) is 0 Å². The molecule has 0 radical (unpaired) electrons. The summed E-state index contributed by atoms with van der Waals surface area (Å²) in [7, 11) is 0. The van der Waals surface area contributed by atoms with Crippen LogP contribution < -0.4 is 10.6 Å². The molecule has 1 aromatic carbocycles. The summed E-state index contributed by atoms with van der Waals surface area (Å²) in [4.78, 5) is 15.7. The predicted molar refractivity (Wildman–Crippen MR) is 72.4 cm³/mol. The van der Waals surface area contributed by atoms with Gasteiger partial charge in [0.15, 0.2) is 10.9 Å². The van der Waals surface area contributed by atoms with Crippen molar-refractivity contribution in [1.29, 1.82) is 0 Å². The van der Waals surface area contributed by atoms with Crippen molar-refractivity contribution in [2.24, 2.45) is 0 Å². The maximum absolute atomic E-state index is 11.8. The van der Waals surface area contributed by atoms with Crippen LogP contribution in [-0.2, 0) is 6.61 Å². The van der Waals surface area contributed by atoms with E-state index in [1.165, 1.54) is 0 Å². The number of aromatic amines is 1. The number of benzene rings is 1. The molecule has 19 heavy (non-hydrogen) atoms. The molecule has 2 rings (SSSR count). The van der Waals surface area contributed by atoms with Crippen LogP contribution in [0.25, 0.3) is 0 Å². The maximum atomic E-state index is 11.8. The Kier molecular flexibility index (Phi) is 4.16. The van der Waals surface area contributed by atoms with E-state index in [2.05, 4.69) is 25.8 Å².